The zero-order chi connectivity index (χ0) is 16.2. The Morgan fingerprint density at radius 1 is 1.22 bits per heavy atom. The average Bonchev–Trinajstić information content (AvgIpc) is 2.61. The van der Waals surface area contributed by atoms with Crippen molar-refractivity contribution in [3.05, 3.63) is 59.7 Å². The van der Waals surface area contributed by atoms with Gasteiger partial charge in [0.2, 0.25) is 6.10 Å². The van der Waals surface area contributed by atoms with Crippen LogP contribution in [0.5, 0.6) is 5.75 Å². The number of nitrogens with one attached hydrogen (secondary N) is 1. The van der Waals surface area contributed by atoms with E-state index in [2.05, 4.69) is 5.32 Å². The van der Waals surface area contributed by atoms with Crippen molar-refractivity contribution in [2.75, 3.05) is 25.0 Å². The van der Waals surface area contributed by atoms with Crippen molar-refractivity contribution in [2.45, 2.75) is 12.7 Å². The molecule has 2 N–H and O–H groups in total. The summed E-state index contributed by atoms with van der Waals surface area (Å²) in [5.74, 6) is 0.570. The van der Waals surface area contributed by atoms with Crippen LogP contribution in [0.1, 0.15) is 17.2 Å². The fraction of sp³-hybridized carbons (Fsp3) is 0.278. The molecule has 23 heavy (non-hydrogen) atoms. The summed E-state index contributed by atoms with van der Waals surface area (Å²) in [5, 5.41) is 12.4. The van der Waals surface area contributed by atoms with Gasteiger partial charge in [-0.1, -0.05) is 36.4 Å². The van der Waals surface area contributed by atoms with Crippen molar-refractivity contribution in [1.29, 1.82) is 0 Å². The fourth-order valence-corrected chi connectivity index (χ4v) is 2.70. The quantitative estimate of drug-likeness (QED) is 0.885. The van der Waals surface area contributed by atoms with Crippen LogP contribution in [0.15, 0.2) is 48.5 Å². The Morgan fingerprint density at radius 2 is 2.00 bits per heavy atom. The first-order valence-corrected chi connectivity index (χ1v) is 7.66. The standard InChI is InChI=1S/C18H20N2O3/c1-19-9-10-20-15-11-13(12-21)7-8-16(15)23-17(18(20)22)14-5-3-2-4-6-14/h2-8,11,17,19,21H,9-10,12H2,1H3/t17-/m0/s1. The average molecular weight is 312 g/mol. The minimum atomic E-state index is -0.638. The molecule has 1 heterocycles. The second-order valence-electron chi connectivity index (χ2n) is 5.46. The van der Waals surface area contributed by atoms with E-state index in [9.17, 15) is 9.90 Å². The highest BCUT2D eigenvalue weighted by atomic mass is 16.5. The molecule has 1 amide bonds. The number of rotatable bonds is 5. The molecule has 1 aliphatic heterocycles. The van der Waals surface area contributed by atoms with E-state index >= 15 is 0 Å². The predicted octanol–water partition coefficient (Wildman–Crippen LogP) is 1.86. The van der Waals surface area contributed by atoms with E-state index in [1.54, 1.807) is 4.90 Å². The first kappa shape index (κ1) is 15.5. The van der Waals surface area contributed by atoms with Crippen molar-refractivity contribution in [1.82, 2.24) is 5.32 Å². The molecule has 120 valence electrons. The third-order valence-corrected chi connectivity index (χ3v) is 3.92. The van der Waals surface area contributed by atoms with Crippen LogP contribution in [0.4, 0.5) is 5.69 Å². The molecule has 0 radical (unpaired) electrons. The lowest BCUT2D eigenvalue weighted by Gasteiger charge is -2.35. The maximum atomic E-state index is 12.9. The first-order valence-electron chi connectivity index (χ1n) is 7.66. The van der Waals surface area contributed by atoms with Gasteiger partial charge in [0.05, 0.1) is 12.3 Å². The van der Waals surface area contributed by atoms with E-state index in [-0.39, 0.29) is 12.5 Å². The van der Waals surface area contributed by atoms with Gasteiger partial charge in [-0.3, -0.25) is 4.79 Å². The minimum absolute atomic E-state index is 0.0660. The molecule has 5 heteroatoms. The highest BCUT2D eigenvalue weighted by Crippen LogP contribution is 2.39. The van der Waals surface area contributed by atoms with Crippen LogP contribution < -0.4 is 15.0 Å². The fourth-order valence-electron chi connectivity index (χ4n) is 2.70. The molecule has 3 rings (SSSR count). The van der Waals surface area contributed by atoms with Gasteiger partial charge in [0.15, 0.2) is 0 Å². The smallest absolute Gasteiger partial charge is 0.272 e. The number of anilines is 1. The van der Waals surface area contributed by atoms with Crippen LogP contribution in [0.3, 0.4) is 0 Å². The van der Waals surface area contributed by atoms with E-state index in [4.69, 9.17) is 4.74 Å². The Labute approximate surface area is 135 Å². The number of carbonyl (C=O) groups is 1. The van der Waals surface area contributed by atoms with Crippen molar-refractivity contribution in [2.24, 2.45) is 0 Å². The summed E-state index contributed by atoms with van der Waals surface area (Å²) in [5.41, 5.74) is 2.31. The molecule has 0 aliphatic carbocycles. The summed E-state index contributed by atoms with van der Waals surface area (Å²) >= 11 is 0. The van der Waals surface area contributed by atoms with Gasteiger partial charge in [-0.05, 0) is 24.7 Å². The summed E-state index contributed by atoms with van der Waals surface area (Å²) in [4.78, 5) is 14.6. The highest BCUT2D eigenvalue weighted by Gasteiger charge is 2.35. The molecular formula is C18H20N2O3. The Kier molecular flexibility index (Phi) is 4.60. The van der Waals surface area contributed by atoms with Gasteiger partial charge in [0.25, 0.3) is 5.91 Å². The van der Waals surface area contributed by atoms with E-state index in [1.165, 1.54) is 0 Å². The predicted molar refractivity (Wildman–Crippen MR) is 88.5 cm³/mol. The topological polar surface area (TPSA) is 61.8 Å². The number of likely N-dealkylation sites (N-methyl/N-ethyl adjacent to an activating group) is 1. The largest absolute Gasteiger partial charge is 0.474 e. The van der Waals surface area contributed by atoms with Crippen LogP contribution in [0.25, 0.3) is 0 Å². The molecule has 0 saturated heterocycles. The zero-order valence-corrected chi connectivity index (χ0v) is 13.0. The third-order valence-electron chi connectivity index (χ3n) is 3.92. The Hall–Kier alpha value is -2.37. The molecule has 0 aromatic heterocycles. The number of hydrogen-bond donors (Lipinski definition) is 2. The molecule has 1 aliphatic rings. The van der Waals surface area contributed by atoms with Gasteiger partial charge in [-0.25, -0.2) is 0 Å². The normalized spacial score (nSPS) is 16.9. The van der Waals surface area contributed by atoms with E-state index < -0.39 is 6.10 Å². The van der Waals surface area contributed by atoms with E-state index in [0.717, 1.165) is 11.1 Å². The highest BCUT2D eigenvalue weighted by molar-refractivity contribution is 6.00. The molecule has 1 atom stereocenters. The van der Waals surface area contributed by atoms with Crippen molar-refractivity contribution >= 4 is 11.6 Å². The zero-order valence-electron chi connectivity index (χ0n) is 13.0. The van der Waals surface area contributed by atoms with Crippen molar-refractivity contribution in [3.8, 4) is 5.75 Å². The van der Waals surface area contributed by atoms with Crippen molar-refractivity contribution in [3.63, 3.8) is 0 Å². The van der Waals surface area contributed by atoms with Gasteiger partial charge >= 0.3 is 0 Å². The SMILES string of the molecule is CNCCN1C(=O)[C@H](c2ccccc2)Oc2ccc(CO)cc21. The third kappa shape index (κ3) is 3.06. The Morgan fingerprint density at radius 3 is 2.70 bits per heavy atom. The molecule has 0 bridgehead atoms. The van der Waals surface area contributed by atoms with Gasteiger partial charge in [-0.2, -0.15) is 0 Å². The monoisotopic (exact) mass is 312 g/mol. The maximum absolute atomic E-state index is 12.9. The summed E-state index contributed by atoms with van der Waals surface area (Å²) < 4.78 is 5.95. The lowest BCUT2D eigenvalue weighted by molar-refractivity contribution is -0.126. The lowest BCUT2D eigenvalue weighted by atomic mass is 10.0. The first-order chi connectivity index (χ1) is 11.2. The summed E-state index contributed by atoms with van der Waals surface area (Å²) in [6, 6.07) is 14.9. The van der Waals surface area contributed by atoms with Crippen LogP contribution in [0, 0.1) is 0 Å². The number of hydrogen-bond acceptors (Lipinski definition) is 4. The number of nitrogens with zero attached hydrogens (tertiary/aromatic N) is 1. The van der Waals surface area contributed by atoms with E-state index in [1.807, 2.05) is 55.6 Å². The second kappa shape index (κ2) is 6.81. The minimum Gasteiger partial charge on any atom is -0.474 e. The lowest BCUT2D eigenvalue weighted by Crippen LogP contribution is -2.44. The molecule has 0 spiro atoms. The summed E-state index contributed by atoms with van der Waals surface area (Å²) in [6.07, 6.45) is -0.638. The van der Waals surface area contributed by atoms with Crippen LogP contribution in [-0.2, 0) is 11.4 Å². The molecule has 5 nitrogen and oxygen atoms in total. The van der Waals surface area contributed by atoms with Crippen LogP contribution in [-0.4, -0.2) is 31.2 Å². The molecule has 0 saturated carbocycles. The van der Waals surface area contributed by atoms with Crippen molar-refractivity contribution < 1.29 is 14.6 Å². The Balaban J connectivity index is 2.00. The number of aliphatic hydroxyl groups excluding tert-OH is 1. The molecule has 2 aromatic rings. The molecule has 0 fully saturated rings. The second-order valence-corrected chi connectivity index (χ2v) is 5.46. The number of aliphatic hydroxyl groups is 1. The number of amides is 1. The molecule has 0 unspecified atom stereocenters. The van der Waals surface area contributed by atoms with Gasteiger partial charge < -0.3 is 20.1 Å². The maximum Gasteiger partial charge on any atom is 0.272 e. The van der Waals surface area contributed by atoms with Gasteiger partial charge in [0.1, 0.15) is 5.75 Å². The van der Waals surface area contributed by atoms with Crippen LogP contribution in [0.2, 0.25) is 0 Å². The summed E-state index contributed by atoms with van der Waals surface area (Å²) in [6.45, 7) is 1.16. The molecular weight excluding hydrogens is 292 g/mol. The summed E-state index contributed by atoms with van der Waals surface area (Å²) in [7, 11) is 1.85. The van der Waals surface area contributed by atoms with Gasteiger partial charge in [-0.15, -0.1) is 0 Å². The number of carbonyl (C=O) groups excluding carboxylic acids is 1. The Bertz CT molecular complexity index is 688. The molecule has 2 aromatic carbocycles. The number of fused-ring (bicyclic) bond motifs is 1. The number of benzene rings is 2. The van der Waals surface area contributed by atoms with Gasteiger partial charge in [0, 0.05) is 18.7 Å². The van der Waals surface area contributed by atoms with E-state index in [0.29, 0.717) is 24.5 Å². The number of ether oxygens (including phenoxy) is 1. The van der Waals surface area contributed by atoms with Crippen LogP contribution >= 0.6 is 0 Å².